The number of rotatable bonds is 12. The number of aryl methyl sites for hydroxylation is 1. The second-order valence-corrected chi connectivity index (χ2v) is 11.1. The van der Waals surface area contributed by atoms with Gasteiger partial charge in [-0.3, -0.25) is 4.18 Å². The Labute approximate surface area is 224 Å². The average molecular weight is 542 g/mol. The number of hydrogen-bond acceptors (Lipinski definition) is 8. The summed E-state index contributed by atoms with van der Waals surface area (Å²) in [5, 5.41) is 25.0. The van der Waals surface area contributed by atoms with Crippen molar-refractivity contribution in [2.24, 2.45) is 0 Å². The minimum Gasteiger partial charge on any atom is -0.391 e. The highest BCUT2D eigenvalue weighted by Gasteiger charge is 2.43. The van der Waals surface area contributed by atoms with E-state index in [-0.39, 0.29) is 37.7 Å². The minimum atomic E-state index is -3.95. The van der Waals surface area contributed by atoms with E-state index in [2.05, 4.69) is 5.32 Å². The van der Waals surface area contributed by atoms with E-state index in [1.165, 1.54) is 12.1 Å². The summed E-state index contributed by atoms with van der Waals surface area (Å²) in [5.41, 5.74) is 2.83. The van der Waals surface area contributed by atoms with Gasteiger partial charge < -0.3 is 25.0 Å². The highest BCUT2D eigenvalue weighted by atomic mass is 32.2. The first-order valence-electron chi connectivity index (χ1n) is 12.7. The van der Waals surface area contributed by atoms with Crippen molar-refractivity contribution in [1.82, 2.24) is 5.32 Å². The second kappa shape index (κ2) is 13.4. The fourth-order valence-electron chi connectivity index (χ4n) is 4.44. The van der Waals surface area contributed by atoms with Gasteiger partial charge in [-0.25, -0.2) is 0 Å². The Morgan fingerprint density at radius 2 is 1.42 bits per heavy atom. The molecule has 38 heavy (non-hydrogen) atoms. The summed E-state index contributed by atoms with van der Waals surface area (Å²) in [4.78, 5) is 0.0648. The lowest BCUT2D eigenvalue weighted by molar-refractivity contribution is -0.171. The van der Waals surface area contributed by atoms with E-state index in [0.717, 1.165) is 16.7 Å². The van der Waals surface area contributed by atoms with Crippen molar-refractivity contribution in [3.8, 4) is 0 Å². The first-order chi connectivity index (χ1) is 18.3. The quantitative estimate of drug-likeness (QED) is 0.300. The van der Waals surface area contributed by atoms with E-state index in [4.69, 9.17) is 13.7 Å². The lowest BCUT2D eigenvalue weighted by atomic mass is 9.90. The average Bonchev–Trinajstić information content (AvgIpc) is 2.92. The van der Waals surface area contributed by atoms with E-state index in [1.54, 1.807) is 12.1 Å². The first-order valence-corrected chi connectivity index (χ1v) is 14.1. The number of nitrogens with one attached hydrogen (secondary N) is 1. The van der Waals surface area contributed by atoms with Crippen LogP contribution in [0.25, 0.3) is 0 Å². The van der Waals surface area contributed by atoms with Gasteiger partial charge in [-0.2, -0.15) is 8.42 Å². The number of β-amino-alcohol motifs (C(OH)–C–C–N with tert-alkyl or cyclic N) is 1. The molecule has 3 aromatic rings. The zero-order valence-corrected chi connectivity index (χ0v) is 22.2. The van der Waals surface area contributed by atoms with Gasteiger partial charge in [0.25, 0.3) is 10.1 Å². The molecule has 3 aromatic carbocycles. The normalized spacial score (nSPS) is 22.7. The summed E-state index contributed by atoms with van der Waals surface area (Å²) >= 11 is 0. The molecule has 4 rings (SSSR count). The van der Waals surface area contributed by atoms with Gasteiger partial charge in [0.05, 0.1) is 43.0 Å². The number of ether oxygens (including phenoxy) is 2. The molecule has 0 bridgehead atoms. The van der Waals surface area contributed by atoms with Gasteiger partial charge in [-0.05, 0) is 36.6 Å². The predicted octanol–water partition coefficient (Wildman–Crippen LogP) is 2.95. The molecular weight excluding hydrogens is 506 g/mol. The van der Waals surface area contributed by atoms with Gasteiger partial charge >= 0.3 is 0 Å². The topological polar surface area (TPSA) is 114 Å². The van der Waals surface area contributed by atoms with Gasteiger partial charge in [0.2, 0.25) is 0 Å². The molecule has 5 atom stereocenters. The monoisotopic (exact) mass is 541 g/mol. The molecule has 1 unspecified atom stereocenters. The van der Waals surface area contributed by atoms with Crippen LogP contribution >= 0.6 is 0 Å². The Hall–Kier alpha value is -2.63. The number of aliphatic hydroxyl groups excluding tert-OH is 2. The largest absolute Gasteiger partial charge is 0.391 e. The third-order valence-corrected chi connectivity index (χ3v) is 7.89. The van der Waals surface area contributed by atoms with Gasteiger partial charge in [-0.15, -0.1) is 0 Å². The molecular formula is C29H35NO7S. The van der Waals surface area contributed by atoms with E-state index < -0.39 is 40.6 Å². The lowest BCUT2D eigenvalue weighted by Gasteiger charge is -2.43. The lowest BCUT2D eigenvalue weighted by Crippen LogP contribution is -2.64. The van der Waals surface area contributed by atoms with Crippen molar-refractivity contribution in [3.63, 3.8) is 0 Å². The molecule has 9 heteroatoms. The van der Waals surface area contributed by atoms with Crippen LogP contribution in [-0.4, -0.2) is 62.2 Å². The molecule has 0 aliphatic carbocycles. The van der Waals surface area contributed by atoms with Gasteiger partial charge in [-0.1, -0.05) is 78.4 Å². The van der Waals surface area contributed by atoms with Crippen LogP contribution in [0.5, 0.6) is 0 Å². The van der Waals surface area contributed by atoms with Crippen molar-refractivity contribution < 1.29 is 32.3 Å². The SMILES string of the molecule is Cc1ccc(S(=O)(=O)OCCC(O)[C@H]2NC[C@H](O)[C@@H](OCc3ccccc3)[C@@H]2OCc2ccccc2)cc1. The summed E-state index contributed by atoms with van der Waals surface area (Å²) in [7, 11) is -3.95. The van der Waals surface area contributed by atoms with Crippen LogP contribution in [0.15, 0.2) is 89.8 Å². The Morgan fingerprint density at radius 3 is 2.00 bits per heavy atom. The van der Waals surface area contributed by atoms with Crippen LogP contribution in [0.2, 0.25) is 0 Å². The first kappa shape index (κ1) is 28.4. The van der Waals surface area contributed by atoms with Crippen LogP contribution in [0, 0.1) is 6.92 Å². The zero-order chi connectivity index (χ0) is 27.0. The van der Waals surface area contributed by atoms with Gasteiger partial charge in [0.1, 0.15) is 12.2 Å². The van der Waals surface area contributed by atoms with Crippen LogP contribution in [0.4, 0.5) is 0 Å². The molecule has 8 nitrogen and oxygen atoms in total. The maximum absolute atomic E-state index is 12.5. The zero-order valence-electron chi connectivity index (χ0n) is 21.3. The highest BCUT2D eigenvalue weighted by molar-refractivity contribution is 7.86. The summed E-state index contributed by atoms with van der Waals surface area (Å²) in [6, 6.07) is 25.0. The van der Waals surface area contributed by atoms with Crippen molar-refractivity contribution in [2.75, 3.05) is 13.2 Å². The third kappa shape index (κ3) is 7.70. The van der Waals surface area contributed by atoms with E-state index in [1.807, 2.05) is 67.6 Å². The Bertz CT molecular complexity index is 1220. The molecule has 1 aliphatic heterocycles. The maximum Gasteiger partial charge on any atom is 0.296 e. The van der Waals surface area contributed by atoms with Crippen LogP contribution < -0.4 is 5.32 Å². The van der Waals surface area contributed by atoms with Crippen molar-refractivity contribution in [1.29, 1.82) is 0 Å². The summed E-state index contributed by atoms with van der Waals surface area (Å²) in [6.07, 6.45) is -3.25. The summed E-state index contributed by atoms with van der Waals surface area (Å²) < 4.78 is 42.7. The summed E-state index contributed by atoms with van der Waals surface area (Å²) in [5.74, 6) is 0. The third-order valence-electron chi connectivity index (χ3n) is 6.57. The minimum absolute atomic E-state index is 0.0372. The van der Waals surface area contributed by atoms with Gasteiger partial charge in [0, 0.05) is 6.54 Å². The second-order valence-electron chi connectivity index (χ2n) is 9.47. The Kier molecular flexibility index (Phi) is 10.0. The molecule has 0 amide bonds. The van der Waals surface area contributed by atoms with Gasteiger partial charge in [0.15, 0.2) is 0 Å². The number of aliphatic hydroxyl groups is 2. The Morgan fingerprint density at radius 1 is 0.868 bits per heavy atom. The van der Waals surface area contributed by atoms with Crippen molar-refractivity contribution >= 4 is 10.1 Å². The molecule has 0 radical (unpaired) electrons. The standard InChI is InChI=1S/C29H35NO7S/c1-21-12-14-24(15-13-21)38(33,34)37-17-16-25(31)27-29(36-20-23-10-6-3-7-11-23)28(26(32)18-30-27)35-19-22-8-4-2-5-9-22/h2-15,25-32H,16-20H2,1H3/t25?,26-,27+,28+,29+/m0/s1. The fraction of sp³-hybridized carbons (Fsp3) is 0.379. The van der Waals surface area contributed by atoms with E-state index >= 15 is 0 Å². The molecule has 1 saturated heterocycles. The predicted molar refractivity (Wildman–Crippen MR) is 143 cm³/mol. The molecule has 1 aliphatic rings. The smallest absolute Gasteiger partial charge is 0.296 e. The maximum atomic E-state index is 12.5. The molecule has 1 fully saturated rings. The molecule has 1 heterocycles. The molecule has 0 saturated carbocycles. The van der Waals surface area contributed by atoms with Crippen LogP contribution in [0.1, 0.15) is 23.1 Å². The molecule has 204 valence electrons. The van der Waals surface area contributed by atoms with Crippen molar-refractivity contribution in [3.05, 3.63) is 102 Å². The number of benzene rings is 3. The highest BCUT2D eigenvalue weighted by Crippen LogP contribution is 2.24. The molecule has 0 spiro atoms. The fourth-order valence-corrected chi connectivity index (χ4v) is 5.36. The molecule has 0 aromatic heterocycles. The van der Waals surface area contributed by atoms with Crippen molar-refractivity contribution in [2.45, 2.75) is 61.9 Å². The Balaban J connectivity index is 1.43. The van der Waals surface area contributed by atoms with Crippen LogP contribution in [0.3, 0.4) is 0 Å². The van der Waals surface area contributed by atoms with E-state index in [0.29, 0.717) is 0 Å². The van der Waals surface area contributed by atoms with Crippen LogP contribution in [-0.2, 0) is 37.0 Å². The number of piperidine rings is 1. The van der Waals surface area contributed by atoms with E-state index in [9.17, 15) is 18.6 Å². The molecule has 3 N–H and O–H groups in total. The number of hydrogen-bond donors (Lipinski definition) is 3. The summed E-state index contributed by atoms with van der Waals surface area (Å²) in [6.45, 7) is 2.38.